The van der Waals surface area contributed by atoms with Crippen molar-refractivity contribution < 1.29 is 13.2 Å². The number of alkyl halides is 3. The number of halogens is 3. The van der Waals surface area contributed by atoms with Crippen molar-refractivity contribution in [3.63, 3.8) is 0 Å². The SMILES string of the molecule is CCc1ncc(CN2CCC[C@H]2c2cc3nc(C)cc(C(F)(F)F)n3n2)cn1. The summed E-state index contributed by atoms with van der Waals surface area (Å²) in [6.45, 7) is 5.05. The summed E-state index contributed by atoms with van der Waals surface area (Å²) in [5.41, 5.74) is 1.35. The van der Waals surface area contributed by atoms with Crippen molar-refractivity contribution in [2.24, 2.45) is 0 Å². The number of hydrogen-bond donors (Lipinski definition) is 0. The molecule has 1 atom stereocenters. The maximum absolute atomic E-state index is 13.4. The van der Waals surface area contributed by atoms with Crippen molar-refractivity contribution in [1.82, 2.24) is 29.5 Å². The zero-order valence-electron chi connectivity index (χ0n) is 15.7. The van der Waals surface area contributed by atoms with E-state index in [0.717, 1.165) is 47.8 Å². The fraction of sp³-hybridized carbons (Fsp3) is 0.474. The Bertz CT molecular complexity index is 980. The van der Waals surface area contributed by atoms with E-state index in [9.17, 15) is 13.2 Å². The van der Waals surface area contributed by atoms with Gasteiger partial charge in [0.25, 0.3) is 0 Å². The number of likely N-dealkylation sites (tertiary alicyclic amines) is 1. The third-order valence-corrected chi connectivity index (χ3v) is 5.03. The minimum Gasteiger partial charge on any atom is -0.290 e. The van der Waals surface area contributed by atoms with Crippen LogP contribution in [0.2, 0.25) is 0 Å². The van der Waals surface area contributed by atoms with Gasteiger partial charge in [-0.3, -0.25) is 4.90 Å². The van der Waals surface area contributed by atoms with E-state index in [2.05, 4.69) is 25.0 Å². The minimum atomic E-state index is -4.48. The molecule has 0 spiro atoms. The van der Waals surface area contributed by atoms with E-state index < -0.39 is 11.9 Å². The highest BCUT2D eigenvalue weighted by atomic mass is 19.4. The second kappa shape index (κ2) is 7.12. The molecule has 28 heavy (non-hydrogen) atoms. The maximum atomic E-state index is 13.4. The van der Waals surface area contributed by atoms with Crippen molar-refractivity contribution in [2.45, 2.75) is 51.9 Å². The van der Waals surface area contributed by atoms with Crippen LogP contribution in [0.25, 0.3) is 5.65 Å². The molecule has 3 aromatic rings. The first-order valence-electron chi connectivity index (χ1n) is 9.33. The Morgan fingerprint density at radius 1 is 1.18 bits per heavy atom. The zero-order chi connectivity index (χ0) is 19.9. The highest BCUT2D eigenvalue weighted by Crippen LogP contribution is 2.35. The van der Waals surface area contributed by atoms with E-state index in [1.807, 2.05) is 19.3 Å². The molecule has 4 rings (SSSR count). The fourth-order valence-electron chi connectivity index (χ4n) is 3.71. The van der Waals surface area contributed by atoms with E-state index in [4.69, 9.17) is 0 Å². The number of hydrogen-bond acceptors (Lipinski definition) is 5. The van der Waals surface area contributed by atoms with Crippen molar-refractivity contribution >= 4 is 5.65 Å². The number of fused-ring (bicyclic) bond motifs is 1. The molecular formula is C19H21F3N6. The molecular weight excluding hydrogens is 369 g/mol. The lowest BCUT2D eigenvalue weighted by molar-refractivity contribution is -0.142. The normalized spacial score (nSPS) is 18.2. The molecule has 6 nitrogen and oxygen atoms in total. The molecule has 0 radical (unpaired) electrons. The summed E-state index contributed by atoms with van der Waals surface area (Å²) in [6.07, 6.45) is 1.74. The standard InChI is InChI=1S/C19H21F3N6/c1-3-17-23-9-13(10-24-17)11-27-6-4-5-15(27)14-8-18-25-12(2)7-16(19(20,21)22)28(18)26-14/h7-10,15H,3-6,11H2,1-2H3/t15-/m0/s1. The van der Waals surface area contributed by atoms with Crippen LogP contribution in [-0.2, 0) is 19.1 Å². The van der Waals surface area contributed by atoms with E-state index in [-0.39, 0.29) is 11.7 Å². The van der Waals surface area contributed by atoms with Crippen molar-refractivity contribution in [3.8, 4) is 0 Å². The predicted molar refractivity (Wildman–Crippen MR) is 96.5 cm³/mol. The monoisotopic (exact) mass is 390 g/mol. The van der Waals surface area contributed by atoms with E-state index in [1.165, 1.54) is 0 Å². The van der Waals surface area contributed by atoms with Gasteiger partial charge in [0.15, 0.2) is 5.65 Å². The van der Waals surface area contributed by atoms with Crippen LogP contribution in [0.15, 0.2) is 24.5 Å². The van der Waals surface area contributed by atoms with Gasteiger partial charge in [-0.1, -0.05) is 6.92 Å². The first-order chi connectivity index (χ1) is 13.3. The van der Waals surface area contributed by atoms with E-state index >= 15 is 0 Å². The van der Waals surface area contributed by atoms with Crippen molar-refractivity contribution in [1.29, 1.82) is 0 Å². The molecule has 0 saturated carbocycles. The van der Waals surface area contributed by atoms with Crippen molar-refractivity contribution in [2.75, 3.05) is 6.54 Å². The lowest BCUT2D eigenvalue weighted by Crippen LogP contribution is -2.23. The Kier molecular flexibility index (Phi) is 4.78. The van der Waals surface area contributed by atoms with Gasteiger partial charge in [-0.15, -0.1) is 0 Å². The summed E-state index contributed by atoms with van der Waals surface area (Å²) in [6, 6.07) is 2.65. The molecule has 0 amide bonds. The van der Waals surface area contributed by atoms with Gasteiger partial charge >= 0.3 is 6.18 Å². The molecule has 0 aliphatic carbocycles. The average molecular weight is 390 g/mol. The molecule has 1 saturated heterocycles. The summed E-state index contributed by atoms with van der Waals surface area (Å²) in [5, 5.41) is 4.28. The fourth-order valence-corrected chi connectivity index (χ4v) is 3.71. The molecule has 9 heteroatoms. The first-order valence-corrected chi connectivity index (χ1v) is 9.33. The quantitative estimate of drug-likeness (QED) is 0.679. The molecule has 0 aromatic carbocycles. The number of aryl methyl sites for hydroxylation is 2. The van der Waals surface area contributed by atoms with Gasteiger partial charge in [0.05, 0.1) is 11.7 Å². The molecule has 148 valence electrons. The third kappa shape index (κ3) is 3.58. The zero-order valence-corrected chi connectivity index (χ0v) is 15.7. The molecule has 4 heterocycles. The average Bonchev–Trinajstić information content (AvgIpc) is 3.27. The molecule has 3 aromatic heterocycles. The Morgan fingerprint density at radius 3 is 2.61 bits per heavy atom. The van der Waals surface area contributed by atoms with E-state index in [0.29, 0.717) is 17.9 Å². The number of rotatable bonds is 4. The predicted octanol–water partition coefficient (Wildman–Crippen LogP) is 3.75. The van der Waals surface area contributed by atoms with Crippen LogP contribution in [0.3, 0.4) is 0 Å². The smallest absolute Gasteiger partial charge is 0.290 e. The second-order valence-electron chi connectivity index (χ2n) is 7.11. The van der Waals surface area contributed by atoms with Crippen LogP contribution in [0.5, 0.6) is 0 Å². The minimum absolute atomic E-state index is 0.0473. The Morgan fingerprint density at radius 2 is 1.93 bits per heavy atom. The van der Waals surface area contributed by atoms with Gasteiger partial charge in [-0.2, -0.15) is 18.3 Å². The summed E-state index contributed by atoms with van der Waals surface area (Å²) >= 11 is 0. The summed E-state index contributed by atoms with van der Waals surface area (Å²) in [7, 11) is 0. The maximum Gasteiger partial charge on any atom is 0.433 e. The third-order valence-electron chi connectivity index (χ3n) is 5.03. The Balaban J connectivity index is 1.64. The van der Waals surface area contributed by atoms with Crippen LogP contribution >= 0.6 is 0 Å². The first kappa shape index (κ1) is 18.8. The van der Waals surface area contributed by atoms with Crippen LogP contribution in [0.4, 0.5) is 13.2 Å². The molecule has 1 fully saturated rings. The van der Waals surface area contributed by atoms with Gasteiger partial charge in [0, 0.05) is 42.7 Å². The number of aromatic nitrogens is 5. The molecule has 0 N–H and O–H groups in total. The Hall–Kier alpha value is -2.55. The molecule has 1 aliphatic rings. The lowest BCUT2D eigenvalue weighted by atomic mass is 10.1. The van der Waals surface area contributed by atoms with Gasteiger partial charge in [-0.05, 0) is 32.4 Å². The van der Waals surface area contributed by atoms with Gasteiger partial charge in [0.2, 0.25) is 0 Å². The molecule has 0 unspecified atom stereocenters. The largest absolute Gasteiger partial charge is 0.433 e. The van der Waals surface area contributed by atoms with Crippen LogP contribution in [-0.4, -0.2) is 36.0 Å². The summed E-state index contributed by atoms with van der Waals surface area (Å²) < 4.78 is 41.1. The lowest BCUT2D eigenvalue weighted by Gasteiger charge is -2.22. The second-order valence-corrected chi connectivity index (χ2v) is 7.11. The summed E-state index contributed by atoms with van der Waals surface area (Å²) in [5.74, 6) is 0.795. The van der Waals surface area contributed by atoms with Gasteiger partial charge in [-0.25, -0.2) is 19.5 Å². The van der Waals surface area contributed by atoms with Gasteiger partial charge < -0.3 is 0 Å². The van der Waals surface area contributed by atoms with Crippen molar-refractivity contribution in [3.05, 3.63) is 53.0 Å². The topological polar surface area (TPSA) is 59.2 Å². The summed E-state index contributed by atoms with van der Waals surface area (Å²) in [4.78, 5) is 15.1. The van der Waals surface area contributed by atoms with Crippen LogP contribution < -0.4 is 0 Å². The van der Waals surface area contributed by atoms with Crippen LogP contribution in [0, 0.1) is 6.92 Å². The highest BCUT2D eigenvalue weighted by Gasteiger charge is 2.36. The highest BCUT2D eigenvalue weighted by molar-refractivity contribution is 5.43. The van der Waals surface area contributed by atoms with Gasteiger partial charge in [0.1, 0.15) is 11.5 Å². The van der Waals surface area contributed by atoms with E-state index in [1.54, 1.807) is 13.0 Å². The Labute approximate surface area is 160 Å². The van der Waals surface area contributed by atoms with Crippen LogP contribution in [0.1, 0.15) is 54.3 Å². The molecule has 1 aliphatic heterocycles. The molecule has 0 bridgehead atoms. The number of nitrogens with zero attached hydrogens (tertiary/aromatic N) is 6.